The second-order valence-corrected chi connectivity index (χ2v) is 4.99. The fourth-order valence-electron chi connectivity index (χ4n) is 2.69. The van der Waals surface area contributed by atoms with Crippen molar-refractivity contribution < 1.29 is 4.92 Å². The highest BCUT2D eigenvalue weighted by atomic mass is 16.6. The SMILES string of the molecule is Nc1ncnc(Nc2cccc3c2CCCC3)c1[N+](=O)[O-]. The number of nitrogens with zero attached hydrogens (tertiary/aromatic N) is 3. The second kappa shape index (κ2) is 5.35. The van der Waals surface area contributed by atoms with Crippen molar-refractivity contribution in [3.8, 4) is 0 Å². The van der Waals surface area contributed by atoms with Gasteiger partial charge in [0.05, 0.1) is 4.92 Å². The first-order chi connectivity index (χ1) is 10.2. The molecule has 0 bridgehead atoms. The first-order valence-corrected chi connectivity index (χ1v) is 6.79. The molecule has 108 valence electrons. The zero-order valence-electron chi connectivity index (χ0n) is 11.4. The van der Waals surface area contributed by atoms with Crippen LogP contribution in [0.2, 0.25) is 0 Å². The third kappa shape index (κ3) is 2.49. The molecule has 0 radical (unpaired) electrons. The summed E-state index contributed by atoms with van der Waals surface area (Å²) < 4.78 is 0. The highest BCUT2D eigenvalue weighted by Crippen LogP contribution is 2.33. The molecule has 2 aromatic rings. The minimum absolute atomic E-state index is 0.131. The van der Waals surface area contributed by atoms with Crippen LogP contribution in [0.3, 0.4) is 0 Å². The number of aromatic nitrogens is 2. The molecule has 1 aromatic heterocycles. The van der Waals surface area contributed by atoms with Gasteiger partial charge < -0.3 is 11.1 Å². The van der Waals surface area contributed by atoms with Crippen molar-refractivity contribution in [1.29, 1.82) is 0 Å². The highest BCUT2D eigenvalue weighted by molar-refractivity contribution is 5.74. The van der Waals surface area contributed by atoms with Gasteiger partial charge in [-0.2, -0.15) is 0 Å². The Labute approximate surface area is 121 Å². The van der Waals surface area contributed by atoms with Gasteiger partial charge in [-0.25, -0.2) is 9.97 Å². The lowest BCUT2D eigenvalue weighted by atomic mass is 9.90. The molecule has 0 aliphatic heterocycles. The molecule has 1 aliphatic rings. The van der Waals surface area contributed by atoms with E-state index in [1.165, 1.54) is 23.9 Å². The molecule has 1 aliphatic carbocycles. The normalized spacial score (nSPS) is 13.5. The van der Waals surface area contributed by atoms with Gasteiger partial charge in [-0.1, -0.05) is 12.1 Å². The van der Waals surface area contributed by atoms with E-state index in [1.54, 1.807) is 0 Å². The fraction of sp³-hybridized carbons (Fsp3) is 0.286. The lowest BCUT2D eigenvalue weighted by Crippen LogP contribution is -2.09. The number of benzene rings is 1. The number of nitrogen functional groups attached to an aromatic ring is 1. The highest BCUT2D eigenvalue weighted by Gasteiger charge is 2.22. The summed E-state index contributed by atoms with van der Waals surface area (Å²) in [7, 11) is 0. The Morgan fingerprint density at radius 3 is 2.86 bits per heavy atom. The molecule has 7 nitrogen and oxygen atoms in total. The molecular weight excluding hydrogens is 270 g/mol. The number of hydrogen-bond acceptors (Lipinski definition) is 6. The van der Waals surface area contributed by atoms with Crippen LogP contribution in [0.1, 0.15) is 24.0 Å². The number of aryl methyl sites for hydroxylation is 1. The van der Waals surface area contributed by atoms with E-state index in [9.17, 15) is 10.1 Å². The molecule has 3 rings (SSSR count). The molecule has 0 fully saturated rings. The maximum atomic E-state index is 11.1. The van der Waals surface area contributed by atoms with Gasteiger partial charge in [-0.3, -0.25) is 10.1 Å². The van der Waals surface area contributed by atoms with Crippen molar-refractivity contribution in [2.75, 3.05) is 11.1 Å². The molecule has 1 heterocycles. The number of nitro groups is 1. The first-order valence-electron chi connectivity index (χ1n) is 6.79. The predicted molar refractivity (Wildman–Crippen MR) is 79.5 cm³/mol. The molecule has 0 saturated carbocycles. The van der Waals surface area contributed by atoms with Crippen LogP contribution in [-0.4, -0.2) is 14.9 Å². The molecule has 0 spiro atoms. The molecule has 0 atom stereocenters. The van der Waals surface area contributed by atoms with Crippen molar-refractivity contribution in [2.45, 2.75) is 25.7 Å². The Hall–Kier alpha value is -2.70. The van der Waals surface area contributed by atoms with E-state index in [0.717, 1.165) is 24.9 Å². The summed E-state index contributed by atoms with van der Waals surface area (Å²) in [5, 5.41) is 14.2. The van der Waals surface area contributed by atoms with Crippen LogP contribution in [0.5, 0.6) is 0 Å². The smallest absolute Gasteiger partial charge is 0.353 e. The molecule has 0 unspecified atom stereocenters. The van der Waals surface area contributed by atoms with Crippen LogP contribution in [0.15, 0.2) is 24.5 Å². The number of nitrogens with one attached hydrogen (secondary N) is 1. The van der Waals surface area contributed by atoms with Gasteiger partial charge in [0.2, 0.25) is 11.6 Å². The third-order valence-corrected chi connectivity index (χ3v) is 3.68. The number of anilines is 3. The van der Waals surface area contributed by atoms with Crippen molar-refractivity contribution in [1.82, 2.24) is 9.97 Å². The molecular formula is C14H15N5O2. The summed E-state index contributed by atoms with van der Waals surface area (Å²) in [4.78, 5) is 18.2. The van der Waals surface area contributed by atoms with Gasteiger partial charge in [0.1, 0.15) is 6.33 Å². The van der Waals surface area contributed by atoms with Crippen molar-refractivity contribution >= 4 is 23.0 Å². The van der Waals surface area contributed by atoms with E-state index in [1.807, 2.05) is 12.1 Å². The Balaban J connectivity index is 2.02. The zero-order chi connectivity index (χ0) is 14.8. The lowest BCUT2D eigenvalue weighted by molar-refractivity contribution is -0.383. The van der Waals surface area contributed by atoms with Crippen LogP contribution >= 0.6 is 0 Å². The standard InChI is InChI=1S/C14H15N5O2/c15-13-12(19(20)21)14(17-8-16-13)18-11-7-3-5-9-4-1-2-6-10(9)11/h3,5,7-8H,1-2,4,6H2,(H3,15,16,17,18). The van der Waals surface area contributed by atoms with E-state index in [2.05, 4.69) is 21.4 Å². The largest absolute Gasteiger partial charge is 0.378 e. The third-order valence-electron chi connectivity index (χ3n) is 3.68. The fourth-order valence-corrected chi connectivity index (χ4v) is 2.69. The maximum Gasteiger partial charge on any atom is 0.353 e. The Bertz CT molecular complexity index is 702. The lowest BCUT2D eigenvalue weighted by Gasteiger charge is -2.19. The zero-order valence-corrected chi connectivity index (χ0v) is 11.4. The van der Waals surface area contributed by atoms with Crippen LogP contribution in [0.25, 0.3) is 0 Å². The van der Waals surface area contributed by atoms with Gasteiger partial charge in [0.15, 0.2) is 0 Å². The van der Waals surface area contributed by atoms with Gasteiger partial charge >= 0.3 is 5.69 Å². The molecule has 0 amide bonds. The number of hydrogen-bond donors (Lipinski definition) is 2. The van der Waals surface area contributed by atoms with Crippen LogP contribution in [-0.2, 0) is 12.8 Å². The monoisotopic (exact) mass is 285 g/mol. The van der Waals surface area contributed by atoms with Crippen LogP contribution in [0, 0.1) is 10.1 Å². The Kier molecular flexibility index (Phi) is 3.39. The van der Waals surface area contributed by atoms with Crippen molar-refractivity contribution in [2.24, 2.45) is 0 Å². The average Bonchev–Trinajstić information content (AvgIpc) is 2.47. The summed E-state index contributed by atoms with van der Waals surface area (Å²) in [6, 6.07) is 5.96. The van der Waals surface area contributed by atoms with Crippen molar-refractivity contribution in [3.05, 3.63) is 45.8 Å². The summed E-state index contributed by atoms with van der Waals surface area (Å²) in [5.41, 5.74) is 8.64. The summed E-state index contributed by atoms with van der Waals surface area (Å²) in [6.45, 7) is 0. The minimum Gasteiger partial charge on any atom is -0.378 e. The van der Waals surface area contributed by atoms with Crippen LogP contribution < -0.4 is 11.1 Å². The molecule has 0 saturated heterocycles. The van der Waals surface area contributed by atoms with E-state index in [-0.39, 0.29) is 17.3 Å². The number of nitrogens with two attached hydrogens (primary N) is 1. The Morgan fingerprint density at radius 1 is 1.24 bits per heavy atom. The predicted octanol–water partition coefficient (Wildman–Crippen LogP) is 2.59. The maximum absolute atomic E-state index is 11.1. The van der Waals surface area contributed by atoms with E-state index in [0.29, 0.717) is 0 Å². The summed E-state index contributed by atoms with van der Waals surface area (Å²) in [5.74, 6) is -0.00577. The van der Waals surface area contributed by atoms with Gasteiger partial charge in [-0.05, 0) is 42.9 Å². The molecule has 21 heavy (non-hydrogen) atoms. The summed E-state index contributed by atoms with van der Waals surface area (Å²) in [6.07, 6.45) is 5.53. The average molecular weight is 285 g/mol. The quantitative estimate of drug-likeness (QED) is 0.663. The second-order valence-electron chi connectivity index (χ2n) is 4.99. The minimum atomic E-state index is -0.562. The molecule has 3 N–H and O–H groups in total. The Morgan fingerprint density at radius 2 is 2.05 bits per heavy atom. The van der Waals surface area contributed by atoms with Gasteiger partial charge in [0, 0.05) is 5.69 Å². The molecule has 1 aromatic carbocycles. The van der Waals surface area contributed by atoms with Crippen molar-refractivity contribution in [3.63, 3.8) is 0 Å². The van der Waals surface area contributed by atoms with Gasteiger partial charge in [0.25, 0.3) is 0 Å². The van der Waals surface area contributed by atoms with E-state index in [4.69, 9.17) is 5.73 Å². The number of fused-ring (bicyclic) bond motifs is 1. The molecule has 7 heteroatoms. The van der Waals surface area contributed by atoms with Gasteiger partial charge in [-0.15, -0.1) is 0 Å². The van der Waals surface area contributed by atoms with E-state index >= 15 is 0 Å². The topological polar surface area (TPSA) is 107 Å². The van der Waals surface area contributed by atoms with Crippen LogP contribution in [0.4, 0.5) is 23.0 Å². The summed E-state index contributed by atoms with van der Waals surface area (Å²) >= 11 is 0. The first kappa shape index (κ1) is 13.3. The van der Waals surface area contributed by atoms with E-state index < -0.39 is 4.92 Å². The number of rotatable bonds is 3.